The van der Waals surface area contributed by atoms with Crippen molar-refractivity contribution in [2.45, 2.75) is 16.7 Å². The number of nitrogens with zero attached hydrogens (tertiary/aromatic N) is 3. The maximum Gasteiger partial charge on any atom is 0.341 e. The first-order valence-corrected chi connectivity index (χ1v) is 11.2. The number of anilines is 1. The molecule has 3 heterocycles. The van der Waals surface area contributed by atoms with Gasteiger partial charge in [-0.1, -0.05) is 12.1 Å². The first-order chi connectivity index (χ1) is 15.3. The van der Waals surface area contributed by atoms with Crippen LogP contribution in [-0.2, 0) is 6.54 Å². The van der Waals surface area contributed by atoms with Crippen molar-refractivity contribution >= 4 is 34.3 Å². The molecule has 166 valence electrons. The summed E-state index contributed by atoms with van der Waals surface area (Å²) in [5.41, 5.74) is 0.770. The Morgan fingerprint density at radius 2 is 1.81 bits per heavy atom. The fraction of sp³-hybridized carbons (Fsp3) is 0.304. The minimum atomic E-state index is -1.35. The zero-order valence-corrected chi connectivity index (χ0v) is 18.2. The van der Waals surface area contributed by atoms with Crippen LogP contribution in [0.2, 0.25) is 0 Å². The van der Waals surface area contributed by atoms with Gasteiger partial charge >= 0.3 is 5.97 Å². The topological polar surface area (TPSA) is 65.8 Å². The van der Waals surface area contributed by atoms with Gasteiger partial charge in [-0.05, 0) is 30.8 Å². The number of carbonyl (C=O) groups is 1. The maximum atomic E-state index is 15.5. The predicted molar refractivity (Wildman–Crippen MR) is 120 cm³/mol. The molecule has 1 aromatic heterocycles. The fourth-order valence-corrected chi connectivity index (χ4v) is 5.92. The van der Waals surface area contributed by atoms with E-state index >= 15 is 4.39 Å². The van der Waals surface area contributed by atoms with Gasteiger partial charge in [0.15, 0.2) is 0 Å². The summed E-state index contributed by atoms with van der Waals surface area (Å²) in [6.07, 6.45) is 1.35. The number of thioether (sulfide) groups is 1. The molecular weight excluding hydrogens is 436 g/mol. The number of carboxylic acids is 1. The summed E-state index contributed by atoms with van der Waals surface area (Å²) < 4.78 is 30.7. The van der Waals surface area contributed by atoms with Crippen LogP contribution in [-0.4, -0.2) is 53.8 Å². The van der Waals surface area contributed by atoms with Crippen molar-refractivity contribution in [3.05, 3.63) is 69.5 Å². The van der Waals surface area contributed by atoms with Crippen LogP contribution in [0.1, 0.15) is 21.2 Å². The molecule has 9 heteroatoms. The van der Waals surface area contributed by atoms with Crippen LogP contribution in [0.15, 0.2) is 46.2 Å². The highest BCUT2D eigenvalue weighted by Crippen LogP contribution is 2.49. The van der Waals surface area contributed by atoms with Gasteiger partial charge in [-0.15, -0.1) is 11.8 Å². The standard InChI is InChI=1S/C23H21F2N3O3S/c1-26-6-8-27(9-7-26)20-17(25)10-15-19-22(20)32-18(13-2-4-14(24)5-3-13)12-28(19)11-16(21(15)29)23(30)31/h2-5,10-11,18H,6-9,12H2,1H3,(H,30,31). The zero-order chi connectivity index (χ0) is 22.6. The summed E-state index contributed by atoms with van der Waals surface area (Å²) in [5.74, 6) is -2.23. The predicted octanol–water partition coefficient (Wildman–Crippen LogP) is 3.58. The van der Waals surface area contributed by atoms with Gasteiger partial charge in [0.2, 0.25) is 5.43 Å². The van der Waals surface area contributed by atoms with Crippen molar-refractivity contribution in [3.8, 4) is 0 Å². The van der Waals surface area contributed by atoms with Crippen LogP contribution in [0.25, 0.3) is 10.9 Å². The lowest BCUT2D eigenvalue weighted by Gasteiger charge is -2.37. The molecule has 1 fully saturated rings. The molecule has 3 aromatic rings. The van der Waals surface area contributed by atoms with Crippen molar-refractivity contribution < 1.29 is 18.7 Å². The highest BCUT2D eigenvalue weighted by Gasteiger charge is 2.32. The van der Waals surface area contributed by atoms with Crippen molar-refractivity contribution in [2.75, 3.05) is 38.1 Å². The van der Waals surface area contributed by atoms with Crippen molar-refractivity contribution in [1.29, 1.82) is 0 Å². The number of likely N-dealkylation sites (N-methyl/N-ethyl adjacent to an activating group) is 1. The Morgan fingerprint density at radius 1 is 1.12 bits per heavy atom. The summed E-state index contributed by atoms with van der Waals surface area (Å²) >= 11 is 1.44. The second kappa shape index (κ2) is 7.90. The molecule has 1 N–H and O–H groups in total. The second-order valence-corrected chi connectivity index (χ2v) is 9.42. The van der Waals surface area contributed by atoms with Crippen LogP contribution in [0.4, 0.5) is 14.5 Å². The number of piperazine rings is 1. The molecule has 0 amide bonds. The molecule has 32 heavy (non-hydrogen) atoms. The minimum Gasteiger partial charge on any atom is -0.477 e. The van der Waals surface area contributed by atoms with E-state index in [2.05, 4.69) is 4.90 Å². The average Bonchev–Trinajstić information content (AvgIpc) is 2.77. The maximum absolute atomic E-state index is 15.5. The van der Waals surface area contributed by atoms with E-state index in [4.69, 9.17) is 0 Å². The lowest BCUT2D eigenvalue weighted by Crippen LogP contribution is -2.45. The summed E-state index contributed by atoms with van der Waals surface area (Å²) in [5, 5.41) is 9.41. The summed E-state index contributed by atoms with van der Waals surface area (Å²) in [6.45, 7) is 3.24. The number of halogens is 2. The van der Waals surface area contributed by atoms with Crippen molar-refractivity contribution in [3.63, 3.8) is 0 Å². The summed E-state index contributed by atoms with van der Waals surface area (Å²) in [4.78, 5) is 29.3. The molecular formula is C23H21F2N3O3S. The highest BCUT2D eigenvalue weighted by atomic mass is 32.2. The molecule has 1 saturated heterocycles. The third-order valence-corrected chi connectivity index (χ3v) is 7.49. The number of rotatable bonds is 3. The van der Waals surface area contributed by atoms with Crippen LogP contribution in [0, 0.1) is 11.6 Å². The Morgan fingerprint density at radius 3 is 2.47 bits per heavy atom. The zero-order valence-electron chi connectivity index (χ0n) is 17.3. The van der Waals surface area contributed by atoms with Crippen LogP contribution >= 0.6 is 11.8 Å². The van der Waals surface area contributed by atoms with Gasteiger partial charge in [-0.2, -0.15) is 0 Å². The Balaban J connectivity index is 1.73. The van der Waals surface area contributed by atoms with E-state index in [-0.39, 0.29) is 22.0 Å². The highest BCUT2D eigenvalue weighted by molar-refractivity contribution is 8.00. The molecule has 5 rings (SSSR count). The van der Waals surface area contributed by atoms with E-state index in [0.29, 0.717) is 35.7 Å². The van der Waals surface area contributed by atoms with Gasteiger partial charge in [-0.3, -0.25) is 4.79 Å². The Labute approximate surface area is 187 Å². The smallest absolute Gasteiger partial charge is 0.341 e. The number of benzene rings is 2. The van der Waals surface area contributed by atoms with E-state index < -0.39 is 17.2 Å². The Kier molecular flexibility index (Phi) is 5.17. The van der Waals surface area contributed by atoms with E-state index in [1.165, 1.54) is 36.2 Å². The number of hydrogen-bond acceptors (Lipinski definition) is 5. The van der Waals surface area contributed by atoms with Gasteiger partial charge in [0.05, 0.1) is 26.7 Å². The van der Waals surface area contributed by atoms with Crippen molar-refractivity contribution in [1.82, 2.24) is 9.47 Å². The minimum absolute atomic E-state index is 0.0698. The number of hydrogen-bond donors (Lipinski definition) is 1. The van der Waals surface area contributed by atoms with Crippen LogP contribution in [0.3, 0.4) is 0 Å². The second-order valence-electron chi connectivity index (χ2n) is 8.21. The molecule has 0 spiro atoms. The molecule has 0 aliphatic carbocycles. The molecule has 0 bridgehead atoms. The largest absolute Gasteiger partial charge is 0.477 e. The quantitative estimate of drug-likeness (QED) is 0.649. The molecule has 1 atom stereocenters. The molecule has 2 aromatic carbocycles. The third kappa shape index (κ3) is 3.45. The van der Waals surface area contributed by atoms with E-state index in [1.54, 1.807) is 16.7 Å². The third-order valence-electron chi connectivity index (χ3n) is 6.16. The van der Waals surface area contributed by atoms with Gasteiger partial charge in [-0.25, -0.2) is 13.6 Å². The lowest BCUT2D eigenvalue weighted by molar-refractivity contribution is 0.0694. The van der Waals surface area contributed by atoms with Gasteiger partial charge in [0.1, 0.15) is 17.2 Å². The van der Waals surface area contributed by atoms with Gasteiger partial charge in [0.25, 0.3) is 0 Å². The van der Waals surface area contributed by atoms with E-state index in [0.717, 1.165) is 18.7 Å². The first-order valence-electron chi connectivity index (χ1n) is 10.3. The summed E-state index contributed by atoms with van der Waals surface area (Å²) in [6, 6.07) is 7.30. The Hall–Kier alpha value is -2.91. The summed E-state index contributed by atoms with van der Waals surface area (Å²) in [7, 11) is 2.02. The molecule has 1 unspecified atom stereocenters. The molecule has 0 radical (unpaired) electrons. The van der Waals surface area contributed by atoms with E-state index in [1.807, 2.05) is 11.9 Å². The van der Waals surface area contributed by atoms with Gasteiger partial charge in [0, 0.05) is 38.9 Å². The van der Waals surface area contributed by atoms with E-state index in [9.17, 15) is 19.1 Å². The molecule has 2 aliphatic rings. The Bertz CT molecular complexity index is 1280. The SMILES string of the molecule is CN1CCN(c2c(F)cc3c(=O)c(C(=O)O)cn4c3c2SC(c2ccc(F)cc2)C4)CC1. The normalized spacial score (nSPS) is 18.8. The van der Waals surface area contributed by atoms with Crippen molar-refractivity contribution in [2.24, 2.45) is 0 Å². The fourth-order valence-electron chi connectivity index (χ4n) is 4.43. The number of pyridine rings is 1. The molecule has 6 nitrogen and oxygen atoms in total. The molecule has 2 aliphatic heterocycles. The van der Waals surface area contributed by atoms with Crippen LogP contribution in [0.5, 0.6) is 0 Å². The lowest BCUT2D eigenvalue weighted by atomic mass is 10.1. The van der Waals surface area contributed by atoms with Gasteiger partial charge < -0.3 is 19.5 Å². The monoisotopic (exact) mass is 457 g/mol. The average molecular weight is 458 g/mol. The number of aromatic carboxylic acids is 1. The van der Waals surface area contributed by atoms with Crippen LogP contribution < -0.4 is 10.3 Å². The molecule has 0 saturated carbocycles. The number of carboxylic acid groups (broad SMARTS) is 1. The number of aromatic nitrogens is 1. The first kappa shape index (κ1) is 21.0.